The first-order valence-electron chi connectivity index (χ1n) is 5.46. The van der Waals surface area contributed by atoms with Gasteiger partial charge in [-0.2, -0.15) is 0 Å². The molecule has 1 aromatic rings. The smallest absolute Gasteiger partial charge is 0.338 e. The molecule has 0 aliphatic carbocycles. The van der Waals surface area contributed by atoms with Gasteiger partial charge in [0.2, 0.25) is 0 Å². The number of hydrogen-bond acceptors (Lipinski definition) is 5. The van der Waals surface area contributed by atoms with Gasteiger partial charge in [0.15, 0.2) is 0 Å². The number of benzene rings is 1. The lowest BCUT2D eigenvalue weighted by atomic mass is 10.1. The number of aliphatic hydroxyl groups is 1. The van der Waals surface area contributed by atoms with E-state index in [1.807, 2.05) is 6.07 Å². The molecule has 3 N–H and O–H groups in total. The highest BCUT2D eigenvalue weighted by atomic mass is 16.6. The molecule has 0 radical (unpaired) electrons. The van der Waals surface area contributed by atoms with Crippen LogP contribution in [0.2, 0.25) is 0 Å². The van der Waals surface area contributed by atoms with Gasteiger partial charge < -0.3 is 20.3 Å². The lowest BCUT2D eigenvalue weighted by Gasteiger charge is -2.15. The monoisotopic (exact) mass is 237 g/mol. The highest BCUT2D eigenvalue weighted by molar-refractivity contribution is 5.89. The molecule has 17 heavy (non-hydrogen) atoms. The normalized spacial score (nSPS) is 28.0. The van der Waals surface area contributed by atoms with Crippen LogP contribution in [0.15, 0.2) is 30.3 Å². The summed E-state index contributed by atoms with van der Waals surface area (Å²) in [5.41, 5.74) is 6.17. The standard InChI is InChI=1S/C12H15NO4/c13-11-9(14)6-16-10(11)7-17-12(15)8-4-2-1-3-5-8/h1-5,9-11,14H,6-7,13H2/t9-,10-,11+/m1/s1. The Hall–Kier alpha value is -1.43. The number of hydrogen-bond donors (Lipinski definition) is 2. The van der Waals surface area contributed by atoms with Crippen molar-refractivity contribution in [2.75, 3.05) is 13.2 Å². The third-order valence-corrected chi connectivity index (χ3v) is 2.74. The predicted octanol–water partition coefficient (Wildman–Crippen LogP) is -0.0696. The summed E-state index contributed by atoms with van der Waals surface area (Å²) < 4.78 is 10.3. The Morgan fingerprint density at radius 3 is 2.76 bits per heavy atom. The Morgan fingerprint density at radius 2 is 2.18 bits per heavy atom. The summed E-state index contributed by atoms with van der Waals surface area (Å²) in [4.78, 5) is 11.6. The van der Waals surface area contributed by atoms with Crippen molar-refractivity contribution in [1.82, 2.24) is 0 Å². The summed E-state index contributed by atoms with van der Waals surface area (Å²) in [6, 6.07) is 8.19. The highest BCUT2D eigenvalue weighted by Gasteiger charge is 2.33. The molecule has 1 aliphatic heterocycles. The van der Waals surface area contributed by atoms with E-state index < -0.39 is 24.2 Å². The van der Waals surface area contributed by atoms with Gasteiger partial charge in [0.05, 0.1) is 24.3 Å². The first-order chi connectivity index (χ1) is 8.18. The molecule has 0 saturated carbocycles. The Bertz CT molecular complexity index is 381. The van der Waals surface area contributed by atoms with Gasteiger partial charge in [-0.3, -0.25) is 0 Å². The molecule has 0 amide bonds. The van der Waals surface area contributed by atoms with Crippen LogP contribution >= 0.6 is 0 Å². The van der Waals surface area contributed by atoms with Gasteiger partial charge in [-0.1, -0.05) is 18.2 Å². The van der Waals surface area contributed by atoms with Crippen LogP contribution in [0.3, 0.4) is 0 Å². The Balaban J connectivity index is 1.85. The van der Waals surface area contributed by atoms with Crippen LogP contribution in [0, 0.1) is 0 Å². The second-order valence-electron chi connectivity index (χ2n) is 3.98. The third-order valence-electron chi connectivity index (χ3n) is 2.74. The van der Waals surface area contributed by atoms with Gasteiger partial charge in [0.1, 0.15) is 12.7 Å². The van der Waals surface area contributed by atoms with Crippen LogP contribution in [0.5, 0.6) is 0 Å². The van der Waals surface area contributed by atoms with E-state index in [-0.39, 0.29) is 13.2 Å². The molecular weight excluding hydrogens is 222 g/mol. The predicted molar refractivity (Wildman–Crippen MR) is 60.4 cm³/mol. The Morgan fingerprint density at radius 1 is 1.47 bits per heavy atom. The van der Waals surface area contributed by atoms with Crippen molar-refractivity contribution in [3.05, 3.63) is 35.9 Å². The molecule has 2 rings (SSSR count). The van der Waals surface area contributed by atoms with Crippen molar-refractivity contribution in [3.8, 4) is 0 Å². The maximum Gasteiger partial charge on any atom is 0.338 e. The van der Waals surface area contributed by atoms with Crippen LogP contribution in [0.1, 0.15) is 10.4 Å². The van der Waals surface area contributed by atoms with Crippen LogP contribution in [-0.4, -0.2) is 42.5 Å². The van der Waals surface area contributed by atoms with Gasteiger partial charge >= 0.3 is 5.97 Å². The fraction of sp³-hybridized carbons (Fsp3) is 0.417. The van der Waals surface area contributed by atoms with E-state index in [1.54, 1.807) is 24.3 Å². The summed E-state index contributed by atoms with van der Waals surface area (Å²) >= 11 is 0. The lowest BCUT2D eigenvalue weighted by molar-refractivity contribution is 0.0125. The Kier molecular flexibility index (Phi) is 3.73. The minimum absolute atomic E-state index is 0.0615. The molecular formula is C12H15NO4. The molecule has 0 unspecified atom stereocenters. The van der Waals surface area contributed by atoms with Gasteiger partial charge in [-0.25, -0.2) is 4.79 Å². The molecule has 0 spiro atoms. The topological polar surface area (TPSA) is 81.8 Å². The summed E-state index contributed by atoms with van der Waals surface area (Å²) in [7, 11) is 0. The molecule has 5 heteroatoms. The quantitative estimate of drug-likeness (QED) is 0.719. The van der Waals surface area contributed by atoms with Crippen molar-refractivity contribution in [2.24, 2.45) is 5.73 Å². The summed E-state index contributed by atoms with van der Waals surface area (Å²) in [6.07, 6.45) is -1.12. The second-order valence-corrected chi connectivity index (χ2v) is 3.98. The first-order valence-corrected chi connectivity index (χ1v) is 5.46. The molecule has 0 bridgehead atoms. The number of carbonyl (C=O) groups excluding carboxylic acids is 1. The minimum atomic E-state index is -0.685. The summed E-state index contributed by atoms with van der Waals surface area (Å²) in [5.74, 6) is -0.414. The number of carbonyl (C=O) groups is 1. The zero-order valence-electron chi connectivity index (χ0n) is 9.28. The van der Waals surface area contributed by atoms with E-state index in [1.165, 1.54) is 0 Å². The molecule has 1 fully saturated rings. The molecule has 3 atom stereocenters. The van der Waals surface area contributed by atoms with Gasteiger partial charge in [-0.15, -0.1) is 0 Å². The summed E-state index contributed by atoms with van der Waals surface area (Å²) in [6.45, 7) is 0.251. The van der Waals surface area contributed by atoms with Crippen LogP contribution in [0.4, 0.5) is 0 Å². The van der Waals surface area contributed by atoms with Gasteiger partial charge in [0.25, 0.3) is 0 Å². The number of esters is 1. The number of nitrogens with two attached hydrogens (primary N) is 1. The maximum absolute atomic E-state index is 11.6. The minimum Gasteiger partial charge on any atom is -0.459 e. The molecule has 1 aromatic carbocycles. The first kappa shape index (κ1) is 12.0. The average molecular weight is 237 g/mol. The van der Waals surface area contributed by atoms with Crippen LogP contribution in [-0.2, 0) is 9.47 Å². The van der Waals surface area contributed by atoms with E-state index >= 15 is 0 Å². The van der Waals surface area contributed by atoms with Gasteiger partial charge in [0, 0.05) is 0 Å². The van der Waals surface area contributed by atoms with E-state index in [9.17, 15) is 9.90 Å². The van der Waals surface area contributed by atoms with E-state index in [0.29, 0.717) is 5.56 Å². The van der Waals surface area contributed by atoms with E-state index in [4.69, 9.17) is 15.2 Å². The third kappa shape index (κ3) is 2.82. The summed E-state index contributed by atoms with van der Waals surface area (Å²) in [5, 5.41) is 9.36. The van der Waals surface area contributed by atoms with Crippen LogP contribution in [0.25, 0.3) is 0 Å². The largest absolute Gasteiger partial charge is 0.459 e. The molecule has 0 aromatic heterocycles. The number of ether oxygens (including phenoxy) is 2. The Labute approximate surface area is 99.1 Å². The SMILES string of the molecule is N[C@H]1[C@H](O)CO[C@@H]1COC(=O)c1ccccc1. The zero-order chi connectivity index (χ0) is 12.3. The van der Waals surface area contributed by atoms with E-state index in [0.717, 1.165) is 0 Å². The number of rotatable bonds is 3. The lowest BCUT2D eigenvalue weighted by Crippen LogP contribution is -2.41. The van der Waals surface area contributed by atoms with Gasteiger partial charge in [-0.05, 0) is 12.1 Å². The average Bonchev–Trinajstić information content (AvgIpc) is 2.68. The fourth-order valence-corrected chi connectivity index (χ4v) is 1.67. The van der Waals surface area contributed by atoms with Crippen molar-refractivity contribution < 1.29 is 19.4 Å². The van der Waals surface area contributed by atoms with E-state index in [2.05, 4.69) is 0 Å². The fourth-order valence-electron chi connectivity index (χ4n) is 1.67. The van der Waals surface area contributed by atoms with Crippen molar-refractivity contribution in [3.63, 3.8) is 0 Å². The molecule has 5 nitrogen and oxygen atoms in total. The molecule has 1 aliphatic rings. The second kappa shape index (κ2) is 5.27. The molecule has 92 valence electrons. The van der Waals surface area contributed by atoms with Crippen molar-refractivity contribution >= 4 is 5.97 Å². The van der Waals surface area contributed by atoms with Crippen LogP contribution < -0.4 is 5.73 Å². The molecule has 1 heterocycles. The number of aliphatic hydroxyl groups excluding tert-OH is 1. The van der Waals surface area contributed by atoms with Crippen molar-refractivity contribution in [2.45, 2.75) is 18.2 Å². The maximum atomic E-state index is 11.6. The van der Waals surface area contributed by atoms with Crippen molar-refractivity contribution in [1.29, 1.82) is 0 Å². The molecule has 1 saturated heterocycles. The highest BCUT2D eigenvalue weighted by Crippen LogP contribution is 2.13. The zero-order valence-corrected chi connectivity index (χ0v) is 9.28.